The molecule has 1 heterocycles. The Morgan fingerprint density at radius 3 is 2.50 bits per heavy atom. The van der Waals surface area contributed by atoms with Crippen molar-refractivity contribution in [3.05, 3.63) is 63.6 Å². The van der Waals surface area contributed by atoms with Gasteiger partial charge in [-0.15, -0.1) is 0 Å². The number of halogens is 1. The number of para-hydroxylation sites is 1. The number of carbonyl (C=O) groups excluding carboxylic acids is 4. The van der Waals surface area contributed by atoms with Crippen LogP contribution in [0.5, 0.6) is 0 Å². The highest BCUT2D eigenvalue weighted by atomic mass is 79.9. The number of rotatable bonds is 4. The normalized spacial score (nSPS) is 12.8. The van der Waals surface area contributed by atoms with Gasteiger partial charge in [-0.2, -0.15) is 0 Å². The second-order valence-electron chi connectivity index (χ2n) is 5.47. The van der Waals surface area contributed by atoms with Crippen molar-refractivity contribution in [2.24, 2.45) is 0 Å². The van der Waals surface area contributed by atoms with E-state index in [-0.39, 0.29) is 22.4 Å². The summed E-state index contributed by atoms with van der Waals surface area (Å²) < 4.78 is 5.33. The predicted molar refractivity (Wildman–Crippen MR) is 95.9 cm³/mol. The van der Waals surface area contributed by atoms with E-state index in [9.17, 15) is 19.2 Å². The van der Waals surface area contributed by atoms with Gasteiger partial charge in [0.1, 0.15) is 6.54 Å². The largest absolute Gasteiger partial charge is 0.465 e. The van der Waals surface area contributed by atoms with Gasteiger partial charge in [-0.1, -0.05) is 28.1 Å². The molecule has 3 rings (SSSR count). The number of ether oxygens (including phenoxy) is 1. The summed E-state index contributed by atoms with van der Waals surface area (Å²) in [6.07, 6.45) is 0. The molecule has 0 radical (unpaired) electrons. The van der Waals surface area contributed by atoms with E-state index >= 15 is 0 Å². The van der Waals surface area contributed by atoms with E-state index in [0.717, 1.165) is 4.90 Å². The highest BCUT2D eigenvalue weighted by molar-refractivity contribution is 9.10. The van der Waals surface area contributed by atoms with Crippen LogP contribution < -0.4 is 5.32 Å². The summed E-state index contributed by atoms with van der Waals surface area (Å²) >= 11 is 3.25. The highest BCUT2D eigenvalue weighted by Gasteiger charge is 2.36. The lowest BCUT2D eigenvalue weighted by Crippen LogP contribution is -2.37. The molecule has 0 spiro atoms. The number of hydrogen-bond acceptors (Lipinski definition) is 5. The number of imide groups is 1. The van der Waals surface area contributed by atoms with Gasteiger partial charge in [0.2, 0.25) is 5.91 Å². The van der Waals surface area contributed by atoms with Crippen LogP contribution in [0.25, 0.3) is 0 Å². The predicted octanol–water partition coefficient (Wildman–Crippen LogP) is 2.47. The lowest BCUT2D eigenvalue weighted by Gasteiger charge is -2.14. The zero-order valence-electron chi connectivity index (χ0n) is 13.6. The summed E-state index contributed by atoms with van der Waals surface area (Å²) in [5.41, 5.74) is 0.909. The Kier molecular flexibility index (Phi) is 4.85. The molecule has 0 fully saturated rings. The van der Waals surface area contributed by atoms with E-state index in [1.165, 1.54) is 25.3 Å². The van der Waals surface area contributed by atoms with Gasteiger partial charge in [-0.05, 0) is 30.3 Å². The first-order chi connectivity index (χ1) is 12.4. The van der Waals surface area contributed by atoms with Crippen LogP contribution in [0, 0.1) is 0 Å². The molecule has 0 saturated heterocycles. The number of methoxy groups -OCH3 is 1. The average molecular weight is 417 g/mol. The zero-order chi connectivity index (χ0) is 18.8. The van der Waals surface area contributed by atoms with Crippen molar-refractivity contribution in [1.29, 1.82) is 0 Å². The van der Waals surface area contributed by atoms with Gasteiger partial charge in [0, 0.05) is 4.47 Å². The topological polar surface area (TPSA) is 92.8 Å². The number of hydrogen-bond donors (Lipinski definition) is 1. The van der Waals surface area contributed by atoms with Crippen LogP contribution in [0.2, 0.25) is 0 Å². The number of esters is 1. The lowest BCUT2D eigenvalue weighted by atomic mass is 10.1. The fraction of sp³-hybridized carbons (Fsp3) is 0.111. The smallest absolute Gasteiger partial charge is 0.339 e. The number of amides is 3. The first-order valence-corrected chi connectivity index (χ1v) is 8.34. The Labute approximate surface area is 157 Å². The SMILES string of the molecule is COC(=O)c1ccccc1NC(=O)CN1C(=O)c2ccc(Br)cc2C1=O. The molecule has 1 N–H and O–H groups in total. The molecule has 7 nitrogen and oxygen atoms in total. The minimum absolute atomic E-state index is 0.176. The summed E-state index contributed by atoms with van der Waals surface area (Å²) in [5, 5.41) is 2.54. The lowest BCUT2D eigenvalue weighted by molar-refractivity contribution is -0.116. The summed E-state index contributed by atoms with van der Waals surface area (Å²) in [5.74, 6) is -2.28. The molecule has 132 valence electrons. The summed E-state index contributed by atoms with van der Waals surface area (Å²) in [6.45, 7) is -0.459. The highest BCUT2D eigenvalue weighted by Crippen LogP contribution is 2.26. The number of fused-ring (bicyclic) bond motifs is 1. The third kappa shape index (κ3) is 3.23. The fourth-order valence-corrected chi connectivity index (χ4v) is 2.98. The number of anilines is 1. The first-order valence-electron chi connectivity index (χ1n) is 7.55. The summed E-state index contributed by atoms with van der Waals surface area (Å²) in [6, 6.07) is 11.0. The van der Waals surface area contributed by atoms with E-state index in [4.69, 9.17) is 0 Å². The van der Waals surface area contributed by atoms with Crippen LogP contribution in [0.15, 0.2) is 46.9 Å². The maximum absolute atomic E-state index is 12.4. The monoisotopic (exact) mass is 416 g/mol. The fourth-order valence-electron chi connectivity index (χ4n) is 2.62. The van der Waals surface area contributed by atoms with Crippen molar-refractivity contribution >= 4 is 45.3 Å². The number of nitrogens with zero attached hydrogens (tertiary/aromatic N) is 1. The van der Waals surface area contributed by atoms with E-state index in [0.29, 0.717) is 4.47 Å². The minimum Gasteiger partial charge on any atom is -0.465 e. The zero-order valence-corrected chi connectivity index (χ0v) is 15.2. The molecular weight excluding hydrogens is 404 g/mol. The van der Waals surface area contributed by atoms with Crippen molar-refractivity contribution in [2.75, 3.05) is 19.0 Å². The van der Waals surface area contributed by atoms with E-state index in [1.807, 2.05) is 0 Å². The standard InChI is InChI=1S/C18H13BrN2O5/c1-26-18(25)12-4-2-3-5-14(12)20-15(22)9-21-16(23)11-7-6-10(19)8-13(11)17(21)24/h2-8H,9H2,1H3,(H,20,22). The Morgan fingerprint density at radius 1 is 1.08 bits per heavy atom. The van der Waals surface area contributed by atoms with Gasteiger partial charge in [0.15, 0.2) is 0 Å². The third-order valence-corrected chi connectivity index (χ3v) is 4.33. The summed E-state index contributed by atoms with van der Waals surface area (Å²) in [4.78, 5) is 49.7. The van der Waals surface area contributed by atoms with Gasteiger partial charge in [0.25, 0.3) is 11.8 Å². The Balaban J connectivity index is 1.77. The number of carbonyl (C=O) groups is 4. The van der Waals surface area contributed by atoms with Gasteiger partial charge < -0.3 is 10.1 Å². The van der Waals surface area contributed by atoms with Gasteiger partial charge in [-0.25, -0.2) is 4.79 Å². The van der Waals surface area contributed by atoms with E-state index in [1.54, 1.807) is 24.3 Å². The van der Waals surface area contributed by atoms with Crippen LogP contribution in [-0.2, 0) is 9.53 Å². The molecular formula is C18H13BrN2O5. The molecule has 0 saturated carbocycles. The summed E-state index contributed by atoms with van der Waals surface area (Å²) in [7, 11) is 1.23. The Bertz CT molecular complexity index is 941. The van der Waals surface area contributed by atoms with Crippen LogP contribution in [-0.4, -0.2) is 42.2 Å². The second-order valence-corrected chi connectivity index (χ2v) is 6.39. The molecule has 1 aliphatic rings. The average Bonchev–Trinajstić information content (AvgIpc) is 2.86. The van der Waals surface area contributed by atoms with Crippen molar-refractivity contribution in [2.45, 2.75) is 0 Å². The molecule has 8 heteroatoms. The quantitative estimate of drug-likeness (QED) is 0.610. The molecule has 0 unspecified atom stereocenters. The van der Waals surface area contributed by atoms with Crippen LogP contribution >= 0.6 is 15.9 Å². The van der Waals surface area contributed by atoms with Crippen LogP contribution in [0.1, 0.15) is 31.1 Å². The van der Waals surface area contributed by atoms with Crippen LogP contribution in [0.3, 0.4) is 0 Å². The molecule has 26 heavy (non-hydrogen) atoms. The molecule has 2 aromatic carbocycles. The Morgan fingerprint density at radius 2 is 1.77 bits per heavy atom. The number of benzene rings is 2. The molecule has 2 aromatic rings. The van der Waals surface area contributed by atoms with E-state index < -0.39 is 30.2 Å². The number of nitrogens with one attached hydrogen (secondary N) is 1. The van der Waals surface area contributed by atoms with Crippen molar-refractivity contribution < 1.29 is 23.9 Å². The minimum atomic E-state index is -0.605. The second kappa shape index (κ2) is 7.09. The molecule has 0 aromatic heterocycles. The molecule has 0 bridgehead atoms. The Hall–Kier alpha value is -3.00. The van der Waals surface area contributed by atoms with Crippen molar-refractivity contribution in [3.63, 3.8) is 0 Å². The maximum atomic E-state index is 12.4. The van der Waals surface area contributed by atoms with E-state index in [2.05, 4.69) is 26.0 Å². The molecule has 3 amide bonds. The molecule has 0 aliphatic carbocycles. The van der Waals surface area contributed by atoms with Gasteiger partial charge >= 0.3 is 5.97 Å². The van der Waals surface area contributed by atoms with Crippen LogP contribution in [0.4, 0.5) is 5.69 Å². The molecule has 0 atom stereocenters. The molecule has 1 aliphatic heterocycles. The van der Waals surface area contributed by atoms with Crippen molar-refractivity contribution in [1.82, 2.24) is 4.90 Å². The first kappa shape index (κ1) is 17.8. The van der Waals surface area contributed by atoms with Gasteiger partial charge in [0.05, 0.1) is 29.5 Å². The maximum Gasteiger partial charge on any atom is 0.339 e. The van der Waals surface area contributed by atoms with Gasteiger partial charge in [-0.3, -0.25) is 19.3 Å². The van der Waals surface area contributed by atoms with Crippen molar-refractivity contribution in [3.8, 4) is 0 Å². The third-order valence-electron chi connectivity index (χ3n) is 3.84.